The quantitative estimate of drug-likeness (QED) is 0.696. The first-order chi connectivity index (χ1) is 8.58. The molecule has 18 heavy (non-hydrogen) atoms. The monoisotopic (exact) mass is 245 g/mol. The number of carbonyl (C=O) groups is 1. The fourth-order valence-electron chi connectivity index (χ4n) is 1.49. The van der Waals surface area contributed by atoms with E-state index in [-0.39, 0.29) is 0 Å². The maximum Gasteiger partial charge on any atom is 0.261 e. The Balaban J connectivity index is 2.27. The van der Waals surface area contributed by atoms with Crippen molar-refractivity contribution in [1.29, 1.82) is 0 Å². The molecule has 1 aliphatic rings. The zero-order valence-corrected chi connectivity index (χ0v) is 9.32. The molecule has 0 aromatic heterocycles. The number of aliphatic hydroxyl groups is 2. The van der Waals surface area contributed by atoms with Gasteiger partial charge in [-0.25, -0.2) is 5.06 Å². The SMILES string of the molecule is O=C1C(O)=CC(=CN(O)c2ccccc2)C=C1O. The third-order valence-corrected chi connectivity index (χ3v) is 2.36. The van der Waals surface area contributed by atoms with Crippen LogP contribution in [0.1, 0.15) is 0 Å². The highest BCUT2D eigenvalue weighted by atomic mass is 16.5. The van der Waals surface area contributed by atoms with E-state index in [2.05, 4.69) is 0 Å². The Morgan fingerprint density at radius 1 is 1.00 bits per heavy atom. The molecule has 1 aromatic carbocycles. The summed E-state index contributed by atoms with van der Waals surface area (Å²) in [7, 11) is 0. The Hall–Kier alpha value is -2.53. The van der Waals surface area contributed by atoms with Crippen molar-refractivity contribution in [1.82, 2.24) is 0 Å². The van der Waals surface area contributed by atoms with Crippen LogP contribution in [-0.4, -0.2) is 21.2 Å². The number of para-hydroxylation sites is 1. The molecule has 5 nitrogen and oxygen atoms in total. The molecule has 0 amide bonds. The summed E-state index contributed by atoms with van der Waals surface area (Å²) in [5, 5.41) is 29.1. The largest absolute Gasteiger partial charge is 0.504 e. The standard InChI is InChI=1S/C13H11NO4/c15-11-6-9(7-12(16)13(11)17)8-14(18)10-4-2-1-3-5-10/h1-8,15-16,18H. The van der Waals surface area contributed by atoms with Crippen LogP contribution < -0.4 is 5.06 Å². The van der Waals surface area contributed by atoms with Gasteiger partial charge in [0.1, 0.15) is 0 Å². The second-order valence-corrected chi connectivity index (χ2v) is 3.70. The lowest BCUT2D eigenvalue weighted by Crippen LogP contribution is -2.13. The van der Waals surface area contributed by atoms with Gasteiger partial charge in [-0.05, 0) is 24.3 Å². The molecule has 0 unspecified atom stereocenters. The molecule has 0 atom stereocenters. The van der Waals surface area contributed by atoms with Gasteiger partial charge < -0.3 is 10.2 Å². The van der Waals surface area contributed by atoms with E-state index in [1.807, 2.05) is 0 Å². The third-order valence-electron chi connectivity index (χ3n) is 2.36. The summed E-state index contributed by atoms with van der Waals surface area (Å²) in [4.78, 5) is 11.1. The molecule has 0 radical (unpaired) electrons. The van der Waals surface area contributed by atoms with Gasteiger partial charge in [0.25, 0.3) is 5.78 Å². The Bertz CT molecular complexity index is 534. The van der Waals surface area contributed by atoms with Gasteiger partial charge in [0, 0.05) is 11.8 Å². The van der Waals surface area contributed by atoms with Crippen LogP contribution >= 0.6 is 0 Å². The van der Waals surface area contributed by atoms with Gasteiger partial charge in [-0.15, -0.1) is 0 Å². The van der Waals surface area contributed by atoms with Crippen molar-refractivity contribution in [3.05, 3.63) is 65.8 Å². The topological polar surface area (TPSA) is 81.0 Å². The van der Waals surface area contributed by atoms with E-state index in [9.17, 15) is 20.2 Å². The number of hydrogen-bond acceptors (Lipinski definition) is 5. The molecule has 0 heterocycles. The van der Waals surface area contributed by atoms with E-state index in [0.717, 1.165) is 17.2 Å². The highest BCUT2D eigenvalue weighted by molar-refractivity contribution is 6.06. The van der Waals surface area contributed by atoms with E-state index in [0.29, 0.717) is 11.3 Å². The smallest absolute Gasteiger partial charge is 0.261 e. The molecular formula is C13H11NO4. The van der Waals surface area contributed by atoms with E-state index in [4.69, 9.17) is 0 Å². The highest BCUT2D eigenvalue weighted by Crippen LogP contribution is 2.18. The summed E-state index contributed by atoms with van der Waals surface area (Å²) >= 11 is 0. The number of ketones is 1. The van der Waals surface area contributed by atoms with Gasteiger partial charge in [-0.2, -0.15) is 0 Å². The zero-order valence-electron chi connectivity index (χ0n) is 9.32. The van der Waals surface area contributed by atoms with E-state index >= 15 is 0 Å². The Morgan fingerprint density at radius 2 is 1.56 bits per heavy atom. The molecule has 1 aromatic rings. The average Bonchev–Trinajstić information content (AvgIpc) is 2.37. The lowest BCUT2D eigenvalue weighted by atomic mass is 10.1. The average molecular weight is 245 g/mol. The summed E-state index contributed by atoms with van der Waals surface area (Å²) < 4.78 is 0. The van der Waals surface area contributed by atoms with Crippen molar-refractivity contribution in [2.24, 2.45) is 0 Å². The first kappa shape index (κ1) is 11.9. The lowest BCUT2D eigenvalue weighted by molar-refractivity contribution is -0.117. The first-order valence-electron chi connectivity index (χ1n) is 5.19. The summed E-state index contributed by atoms with van der Waals surface area (Å²) in [6.07, 6.45) is 3.59. The Morgan fingerprint density at radius 3 is 2.11 bits per heavy atom. The highest BCUT2D eigenvalue weighted by Gasteiger charge is 2.18. The molecular weight excluding hydrogens is 234 g/mol. The van der Waals surface area contributed by atoms with Crippen molar-refractivity contribution in [3.63, 3.8) is 0 Å². The van der Waals surface area contributed by atoms with Gasteiger partial charge in [0.15, 0.2) is 11.5 Å². The number of hydrogen-bond donors (Lipinski definition) is 3. The predicted molar refractivity (Wildman–Crippen MR) is 65.2 cm³/mol. The summed E-state index contributed by atoms with van der Waals surface area (Å²) in [5.74, 6) is -1.97. The Kier molecular flexibility index (Phi) is 3.16. The first-order valence-corrected chi connectivity index (χ1v) is 5.19. The maximum absolute atomic E-state index is 11.1. The van der Waals surface area contributed by atoms with Crippen molar-refractivity contribution < 1.29 is 20.2 Å². The van der Waals surface area contributed by atoms with Crippen LogP contribution in [0.3, 0.4) is 0 Å². The molecule has 0 saturated heterocycles. The van der Waals surface area contributed by atoms with Crippen LogP contribution in [0.4, 0.5) is 5.69 Å². The summed E-state index contributed by atoms with van der Waals surface area (Å²) in [5.41, 5.74) is 0.818. The van der Waals surface area contributed by atoms with Gasteiger partial charge in [0.2, 0.25) is 0 Å². The predicted octanol–water partition coefficient (Wildman–Crippen LogP) is 2.23. The van der Waals surface area contributed by atoms with E-state index in [1.54, 1.807) is 30.3 Å². The van der Waals surface area contributed by atoms with Crippen molar-refractivity contribution >= 4 is 11.5 Å². The maximum atomic E-state index is 11.1. The number of benzene rings is 1. The van der Waals surface area contributed by atoms with Gasteiger partial charge in [-0.1, -0.05) is 18.2 Å². The van der Waals surface area contributed by atoms with Gasteiger partial charge >= 0.3 is 0 Å². The Labute approximate surface area is 103 Å². The van der Waals surface area contributed by atoms with Crippen LogP contribution in [0, 0.1) is 0 Å². The molecule has 0 spiro atoms. The molecule has 0 fully saturated rings. The number of nitrogens with zero attached hydrogens (tertiary/aromatic N) is 1. The summed E-state index contributed by atoms with van der Waals surface area (Å²) in [6, 6.07) is 8.67. The van der Waals surface area contributed by atoms with Crippen LogP contribution in [0.2, 0.25) is 0 Å². The number of aliphatic hydroxyl groups excluding tert-OH is 2. The number of rotatable bonds is 2. The van der Waals surface area contributed by atoms with Crippen LogP contribution in [0.5, 0.6) is 0 Å². The third kappa shape index (κ3) is 2.41. The number of allylic oxidation sites excluding steroid dienone is 3. The second kappa shape index (κ2) is 4.77. The van der Waals surface area contributed by atoms with Crippen molar-refractivity contribution in [2.45, 2.75) is 0 Å². The second-order valence-electron chi connectivity index (χ2n) is 3.70. The normalized spacial score (nSPS) is 14.9. The summed E-state index contributed by atoms with van der Waals surface area (Å²) in [6.45, 7) is 0. The molecule has 3 N–H and O–H groups in total. The zero-order chi connectivity index (χ0) is 13.1. The number of carbonyl (C=O) groups excluding carboxylic acids is 1. The van der Waals surface area contributed by atoms with Crippen molar-refractivity contribution in [3.8, 4) is 0 Å². The van der Waals surface area contributed by atoms with Crippen LogP contribution in [0.15, 0.2) is 65.8 Å². The molecule has 0 aliphatic heterocycles. The molecule has 1 aliphatic carbocycles. The molecule has 2 rings (SSSR count). The number of anilines is 1. The van der Waals surface area contributed by atoms with E-state index < -0.39 is 17.3 Å². The number of hydroxylamine groups is 1. The lowest BCUT2D eigenvalue weighted by Gasteiger charge is -2.14. The minimum atomic E-state index is -0.837. The fraction of sp³-hybridized carbons (Fsp3) is 0. The molecule has 0 saturated carbocycles. The minimum Gasteiger partial charge on any atom is -0.504 e. The minimum absolute atomic E-state index is 0.302. The number of Topliss-reactive ketones (excluding diaryl/α,β-unsaturated/α-hetero) is 1. The van der Waals surface area contributed by atoms with E-state index in [1.165, 1.54) is 6.20 Å². The molecule has 0 bridgehead atoms. The van der Waals surface area contributed by atoms with Gasteiger partial charge in [-0.3, -0.25) is 10.0 Å². The fourth-order valence-corrected chi connectivity index (χ4v) is 1.49. The van der Waals surface area contributed by atoms with Crippen molar-refractivity contribution in [2.75, 3.05) is 5.06 Å². The molecule has 5 heteroatoms. The van der Waals surface area contributed by atoms with Gasteiger partial charge in [0.05, 0.1) is 5.69 Å². The molecule has 92 valence electrons. The van der Waals surface area contributed by atoms with Crippen LogP contribution in [-0.2, 0) is 4.79 Å². The van der Waals surface area contributed by atoms with Crippen LogP contribution in [0.25, 0.3) is 0 Å².